The number of hydrogen-bond acceptors (Lipinski definition) is 7. The fraction of sp³-hybridized carbons (Fsp3) is 0.308. The highest BCUT2D eigenvalue weighted by Gasteiger charge is 2.19. The summed E-state index contributed by atoms with van der Waals surface area (Å²) in [6, 6.07) is 12.2. The van der Waals surface area contributed by atoms with Crippen molar-refractivity contribution < 1.29 is 9.53 Å². The van der Waals surface area contributed by atoms with Crippen LogP contribution < -0.4 is 10.1 Å². The molecule has 0 aliphatic carbocycles. The van der Waals surface area contributed by atoms with Crippen LogP contribution in [0.3, 0.4) is 0 Å². The summed E-state index contributed by atoms with van der Waals surface area (Å²) in [5.41, 5.74) is 6.65. The molecule has 0 radical (unpaired) electrons. The maximum Gasteiger partial charge on any atom is 0.236 e. The largest absolute Gasteiger partial charge is 0.482 e. The molecule has 0 saturated carbocycles. The number of nitrogens with one attached hydrogen (secondary N) is 1. The standard InChI is InChI=1S/C26H29N5O2S2/c1-15-10-11-20(12-17(15)3)21-13-34-25(27-21)28-23(32)14-35-26-30-29-24(31(26)6)19(5)33-22-9-7-8-16(2)18(22)4/h7-13,19H,14H2,1-6H3,(H,27,28,32). The monoisotopic (exact) mass is 507 g/mol. The number of aryl methyl sites for hydroxylation is 3. The number of nitrogens with zero attached hydrogens (tertiary/aromatic N) is 4. The summed E-state index contributed by atoms with van der Waals surface area (Å²) in [5.74, 6) is 1.60. The van der Waals surface area contributed by atoms with E-state index in [2.05, 4.69) is 65.5 Å². The second-order valence-corrected chi connectivity index (χ2v) is 10.3. The van der Waals surface area contributed by atoms with E-state index in [1.54, 1.807) is 0 Å². The van der Waals surface area contributed by atoms with E-state index in [0.29, 0.717) is 16.1 Å². The molecule has 0 saturated heterocycles. The fourth-order valence-corrected chi connectivity index (χ4v) is 5.00. The predicted molar refractivity (Wildman–Crippen MR) is 142 cm³/mol. The number of amides is 1. The summed E-state index contributed by atoms with van der Waals surface area (Å²) < 4.78 is 8.01. The number of thioether (sulfide) groups is 1. The first-order valence-electron chi connectivity index (χ1n) is 11.3. The van der Waals surface area contributed by atoms with Crippen molar-refractivity contribution in [2.45, 2.75) is 45.9 Å². The SMILES string of the molecule is Cc1ccc(-c2csc(NC(=O)CSc3nnc(C(C)Oc4cccc(C)c4C)n3C)n2)cc1C. The Morgan fingerprint density at radius 1 is 1.11 bits per heavy atom. The van der Waals surface area contributed by atoms with E-state index in [4.69, 9.17) is 4.74 Å². The van der Waals surface area contributed by atoms with Gasteiger partial charge in [-0.25, -0.2) is 4.98 Å². The van der Waals surface area contributed by atoms with Crippen LogP contribution in [0.4, 0.5) is 5.13 Å². The Balaban J connectivity index is 1.34. The molecule has 0 bridgehead atoms. The molecule has 2 aromatic carbocycles. The smallest absolute Gasteiger partial charge is 0.236 e. The molecule has 4 rings (SSSR count). The normalized spacial score (nSPS) is 11.9. The first-order chi connectivity index (χ1) is 16.7. The minimum absolute atomic E-state index is 0.139. The van der Waals surface area contributed by atoms with Gasteiger partial charge in [0.05, 0.1) is 11.4 Å². The number of hydrogen-bond donors (Lipinski definition) is 1. The lowest BCUT2D eigenvalue weighted by Gasteiger charge is -2.16. The molecule has 182 valence electrons. The van der Waals surface area contributed by atoms with Crippen LogP contribution in [0.2, 0.25) is 0 Å². The van der Waals surface area contributed by atoms with Gasteiger partial charge in [0.15, 0.2) is 22.2 Å². The molecule has 0 aliphatic heterocycles. The van der Waals surface area contributed by atoms with Crippen LogP contribution in [-0.2, 0) is 11.8 Å². The number of aromatic nitrogens is 4. The molecular weight excluding hydrogens is 478 g/mol. The highest BCUT2D eigenvalue weighted by molar-refractivity contribution is 7.99. The van der Waals surface area contributed by atoms with E-state index in [1.807, 2.05) is 43.0 Å². The summed E-state index contributed by atoms with van der Waals surface area (Å²) in [4.78, 5) is 17.1. The van der Waals surface area contributed by atoms with Crippen LogP contribution in [0.5, 0.6) is 5.75 Å². The summed E-state index contributed by atoms with van der Waals surface area (Å²) in [5, 5.41) is 14.6. The second kappa shape index (κ2) is 10.6. The number of anilines is 1. The van der Waals surface area contributed by atoms with E-state index in [0.717, 1.165) is 22.6 Å². The van der Waals surface area contributed by atoms with Gasteiger partial charge in [-0.1, -0.05) is 36.0 Å². The quantitative estimate of drug-likeness (QED) is 0.293. The molecule has 2 aromatic heterocycles. The molecule has 1 N–H and O–H groups in total. The molecule has 35 heavy (non-hydrogen) atoms. The Morgan fingerprint density at radius 2 is 1.91 bits per heavy atom. The molecular formula is C26H29N5O2S2. The minimum Gasteiger partial charge on any atom is -0.482 e. The second-order valence-electron chi connectivity index (χ2n) is 8.53. The van der Waals surface area contributed by atoms with Gasteiger partial charge in [-0.15, -0.1) is 21.5 Å². The van der Waals surface area contributed by atoms with Crippen molar-refractivity contribution in [3.63, 3.8) is 0 Å². The molecule has 1 atom stereocenters. The Kier molecular flexibility index (Phi) is 7.57. The zero-order chi connectivity index (χ0) is 25.1. The van der Waals surface area contributed by atoms with Gasteiger partial charge in [0.1, 0.15) is 5.75 Å². The lowest BCUT2D eigenvalue weighted by atomic mass is 10.1. The maximum atomic E-state index is 12.5. The van der Waals surface area contributed by atoms with Crippen molar-refractivity contribution in [2.75, 3.05) is 11.1 Å². The molecule has 7 nitrogen and oxygen atoms in total. The number of thiazole rings is 1. The molecule has 0 fully saturated rings. The summed E-state index contributed by atoms with van der Waals surface area (Å²) in [7, 11) is 1.88. The average molecular weight is 508 g/mol. The average Bonchev–Trinajstić information content (AvgIpc) is 3.44. The number of carbonyl (C=O) groups is 1. The molecule has 1 unspecified atom stereocenters. The van der Waals surface area contributed by atoms with Gasteiger partial charge in [-0.05, 0) is 69.0 Å². The zero-order valence-corrected chi connectivity index (χ0v) is 22.4. The summed E-state index contributed by atoms with van der Waals surface area (Å²) >= 11 is 2.75. The van der Waals surface area contributed by atoms with Crippen molar-refractivity contribution in [1.82, 2.24) is 19.7 Å². The molecule has 9 heteroatoms. The molecule has 2 heterocycles. The van der Waals surface area contributed by atoms with Gasteiger partial charge < -0.3 is 14.6 Å². The third-order valence-corrected chi connectivity index (χ3v) is 7.75. The first kappa shape index (κ1) is 24.9. The number of rotatable bonds is 8. The molecule has 1 amide bonds. The van der Waals surface area contributed by atoms with Crippen molar-refractivity contribution in [3.8, 4) is 17.0 Å². The Labute approximate surface area is 214 Å². The fourth-order valence-electron chi connectivity index (χ4n) is 3.55. The Morgan fingerprint density at radius 3 is 2.69 bits per heavy atom. The van der Waals surface area contributed by atoms with E-state index in [-0.39, 0.29) is 17.8 Å². The first-order valence-corrected chi connectivity index (χ1v) is 13.2. The van der Waals surface area contributed by atoms with Crippen molar-refractivity contribution in [3.05, 3.63) is 69.9 Å². The molecule has 0 aliphatic rings. The van der Waals surface area contributed by atoms with Crippen molar-refractivity contribution in [1.29, 1.82) is 0 Å². The summed E-state index contributed by atoms with van der Waals surface area (Å²) in [6.45, 7) is 10.2. The van der Waals surface area contributed by atoms with Crippen LogP contribution in [0, 0.1) is 27.7 Å². The maximum absolute atomic E-state index is 12.5. The molecule has 0 spiro atoms. The van der Waals surface area contributed by atoms with E-state index in [9.17, 15) is 4.79 Å². The van der Waals surface area contributed by atoms with Gasteiger partial charge in [-0.3, -0.25) is 4.79 Å². The number of carbonyl (C=O) groups excluding carboxylic acids is 1. The van der Waals surface area contributed by atoms with Crippen molar-refractivity contribution in [2.24, 2.45) is 7.05 Å². The number of benzene rings is 2. The van der Waals surface area contributed by atoms with E-state index >= 15 is 0 Å². The highest BCUT2D eigenvalue weighted by Crippen LogP contribution is 2.29. The van der Waals surface area contributed by atoms with Crippen LogP contribution >= 0.6 is 23.1 Å². The van der Waals surface area contributed by atoms with Crippen LogP contribution in [0.25, 0.3) is 11.3 Å². The van der Waals surface area contributed by atoms with Gasteiger partial charge in [-0.2, -0.15) is 0 Å². The van der Waals surface area contributed by atoms with Crippen LogP contribution in [0.15, 0.2) is 46.9 Å². The van der Waals surface area contributed by atoms with Gasteiger partial charge >= 0.3 is 0 Å². The van der Waals surface area contributed by atoms with Gasteiger partial charge in [0.25, 0.3) is 0 Å². The zero-order valence-electron chi connectivity index (χ0n) is 20.7. The lowest BCUT2D eigenvalue weighted by Crippen LogP contribution is -2.14. The van der Waals surface area contributed by atoms with E-state index < -0.39 is 0 Å². The minimum atomic E-state index is -0.282. The number of ether oxygens (including phenoxy) is 1. The van der Waals surface area contributed by atoms with Crippen LogP contribution in [0.1, 0.15) is 41.1 Å². The Hall–Kier alpha value is -3.17. The Bertz CT molecular complexity index is 1360. The predicted octanol–water partition coefficient (Wildman–Crippen LogP) is 6.04. The summed E-state index contributed by atoms with van der Waals surface area (Å²) in [6.07, 6.45) is -0.282. The van der Waals surface area contributed by atoms with Crippen molar-refractivity contribution >= 4 is 34.1 Å². The third kappa shape index (κ3) is 5.74. The highest BCUT2D eigenvalue weighted by atomic mass is 32.2. The van der Waals surface area contributed by atoms with Crippen LogP contribution in [-0.4, -0.2) is 31.4 Å². The third-order valence-electron chi connectivity index (χ3n) is 5.98. The topological polar surface area (TPSA) is 81.9 Å². The van der Waals surface area contributed by atoms with E-state index in [1.165, 1.54) is 39.8 Å². The lowest BCUT2D eigenvalue weighted by molar-refractivity contribution is -0.113. The molecule has 4 aromatic rings. The van der Waals surface area contributed by atoms with Gasteiger partial charge in [0, 0.05) is 18.0 Å². The van der Waals surface area contributed by atoms with Gasteiger partial charge in [0.2, 0.25) is 5.91 Å².